The summed E-state index contributed by atoms with van der Waals surface area (Å²) in [6.45, 7) is 3.28. The molecule has 5 nitrogen and oxygen atoms in total. The van der Waals surface area contributed by atoms with Gasteiger partial charge in [-0.25, -0.2) is 0 Å². The van der Waals surface area contributed by atoms with Gasteiger partial charge in [0.1, 0.15) is 6.04 Å². The first-order chi connectivity index (χ1) is 9.54. The van der Waals surface area contributed by atoms with E-state index in [4.69, 9.17) is 4.74 Å². The Morgan fingerprint density at radius 1 is 1.60 bits per heavy atom. The number of carbonyl (C=O) groups is 1. The standard InChI is InChI=1S/C14H19BrN2O3/c1-9(18)11-7-10(15)3-4-12(11)17-5-6-20-8-13(17)14(19)16-2/h3-4,7,9,13,18H,5-6,8H2,1-2H3,(H,16,19). The maximum atomic E-state index is 12.0. The molecule has 2 N–H and O–H groups in total. The third kappa shape index (κ3) is 3.13. The molecule has 2 atom stereocenters. The van der Waals surface area contributed by atoms with E-state index in [0.29, 0.717) is 19.8 Å². The highest BCUT2D eigenvalue weighted by Gasteiger charge is 2.30. The number of benzene rings is 1. The van der Waals surface area contributed by atoms with Crippen LogP contribution in [-0.2, 0) is 9.53 Å². The predicted octanol–water partition coefficient (Wildman–Crippen LogP) is 1.45. The Balaban J connectivity index is 2.39. The van der Waals surface area contributed by atoms with Crippen molar-refractivity contribution in [1.29, 1.82) is 0 Å². The number of ether oxygens (including phenoxy) is 1. The summed E-state index contributed by atoms with van der Waals surface area (Å²) in [4.78, 5) is 14.0. The predicted molar refractivity (Wildman–Crippen MR) is 80.8 cm³/mol. The number of likely N-dealkylation sites (N-methyl/N-ethyl adjacent to an activating group) is 1. The molecule has 0 aliphatic carbocycles. The average molecular weight is 343 g/mol. The number of rotatable bonds is 3. The summed E-state index contributed by atoms with van der Waals surface area (Å²) in [6.07, 6.45) is -0.601. The number of nitrogens with one attached hydrogen (secondary N) is 1. The third-order valence-electron chi connectivity index (χ3n) is 3.43. The second kappa shape index (κ2) is 6.56. The molecule has 1 amide bonds. The van der Waals surface area contributed by atoms with Crippen LogP contribution < -0.4 is 10.2 Å². The number of hydrogen-bond donors (Lipinski definition) is 2. The van der Waals surface area contributed by atoms with Crippen molar-refractivity contribution < 1.29 is 14.6 Å². The Morgan fingerprint density at radius 3 is 3.00 bits per heavy atom. The smallest absolute Gasteiger partial charge is 0.244 e. The van der Waals surface area contributed by atoms with E-state index in [2.05, 4.69) is 21.2 Å². The van der Waals surface area contributed by atoms with Gasteiger partial charge in [-0.1, -0.05) is 15.9 Å². The Hall–Kier alpha value is -1.11. The average Bonchev–Trinajstić information content (AvgIpc) is 2.46. The molecule has 6 heteroatoms. The lowest BCUT2D eigenvalue weighted by Gasteiger charge is -2.37. The van der Waals surface area contributed by atoms with Crippen molar-refractivity contribution >= 4 is 27.5 Å². The van der Waals surface area contributed by atoms with Gasteiger partial charge in [0, 0.05) is 29.3 Å². The van der Waals surface area contributed by atoms with Crippen molar-refractivity contribution in [2.24, 2.45) is 0 Å². The minimum absolute atomic E-state index is 0.0795. The second-order valence-electron chi connectivity index (χ2n) is 4.78. The fourth-order valence-electron chi connectivity index (χ4n) is 2.40. The molecule has 2 rings (SSSR count). The van der Waals surface area contributed by atoms with Crippen LogP contribution in [0.25, 0.3) is 0 Å². The van der Waals surface area contributed by atoms with Crippen LogP contribution >= 0.6 is 15.9 Å². The van der Waals surface area contributed by atoms with Crippen LogP contribution in [0.15, 0.2) is 22.7 Å². The van der Waals surface area contributed by atoms with Crippen LogP contribution in [0.1, 0.15) is 18.6 Å². The lowest BCUT2D eigenvalue weighted by molar-refractivity contribution is -0.124. The summed E-state index contributed by atoms with van der Waals surface area (Å²) >= 11 is 3.41. The molecule has 1 fully saturated rings. The maximum Gasteiger partial charge on any atom is 0.244 e. The first-order valence-electron chi connectivity index (χ1n) is 6.58. The highest BCUT2D eigenvalue weighted by atomic mass is 79.9. The Kier molecular flexibility index (Phi) is 5.01. The van der Waals surface area contributed by atoms with Gasteiger partial charge in [-0.2, -0.15) is 0 Å². The van der Waals surface area contributed by atoms with E-state index in [1.165, 1.54) is 0 Å². The summed E-state index contributed by atoms with van der Waals surface area (Å²) < 4.78 is 6.31. The zero-order valence-electron chi connectivity index (χ0n) is 11.6. The van der Waals surface area contributed by atoms with Gasteiger partial charge in [-0.05, 0) is 25.1 Å². The maximum absolute atomic E-state index is 12.0. The molecular formula is C14H19BrN2O3. The van der Waals surface area contributed by atoms with Gasteiger partial charge >= 0.3 is 0 Å². The summed E-state index contributed by atoms with van der Waals surface area (Å²) in [5.74, 6) is -0.0795. The minimum Gasteiger partial charge on any atom is -0.389 e. The number of anilines is 1. The van der Waals surface area contributed by atoms with E-state index in [9.17, 15) is 9.90 Å². The lowest BCUT2D eigenvalue weighted by Crippen LogP contribution is -2.53. The highest BCUT2D eigenvalue weighted by molar-refractivity contribution is 9.10. The molecule has 1 aliphatic heterocycles. The van der Waals surface area contributed by atoms with E-state index < -0.39 is 6.10 Å². The topological polar surface area (TPSA) is 61.8 Å². The molecule has 1 aliphatic rings. The first-order valence-corrected chi connectivity index (χ1v) is 7.37. The molecule has 1 heterocycles. The number of carbonyl (C=O) groups excluding carboxylic acids is 1. The van der Waals surface area contributed by atoms with Gasteiger partial charge in [0.25, 0.3) is 0 Å². The summed E-state index contributed by atoms with van der Waals surface area (Å²) in [5, 5.41) is 12.6. The van der Waals surface area contributed by atoms with Crippen molar-refractivity contribution in [2.75, 3.05) is 31.7 Å². The van der Waals surface area contributed by atoms with Crippen molar-refractivity contribution in [1.82, 2.24) is 5.32 Å². The van der Waals surface area contributed by atoms with Crippen molar-refractivity contribution in [2.45, 2.75) is 19.1 Å². The van der Waals surface area contributed by atoms with E-state index in [0.717, 1.165) is 15.7 Å². The molecule has 20 heavy (non-hydrogen) atoms. The fraction of sp³-hybridized carbons (Fsp3) is 0.500. The third-order valence-corrected chi connectivity index (χ3v) is 3.92. The van der Waals surface area contributed by atoms with Crippen LogP contribution in [-0.4, -0.2) is 43.9 Å². The normalized spacial score (nSPS) is 20.6. The number of aliphatic hydroxyl groups is 1. The largest absolute Gasteiger partial charge is 0.389 e. The molecular weight excluding hydrogens is 324 g/mol. The summed E-state index contributed by atoms with van der Waals surface area (Å²) in [6, 6.07) is 5.36. The minimum atomic E-state index is -0.601. The van der Waals surface area contributed by atoms with Gasteiger partial charge < -0.3 is 20.1 Å². The zero-order chi connectivity index (χ0) is 14.7. The van der Waals surface area contributed by atoms with Gasteiger partial charge in [-0.3, -0.25) is 4.79 Å². The molecule has 1 aromatic carbocycles. The van der Waals surface area contributed by atoms with Crippen LogP contribution in [0.2, 0.25) is 0 Å². The highest BCUT2D eigenvalue weighted by Crippen LogP contribution is 2.31. The van der Waals surface area contributed by atoms with E-state index in [1.807, 2.05) is 23.1 Å². The fourth-order valence-corrected chi connectivity index (χ4v) is 2.78. The van der Waals surface area contributed by atoms with E-state index in [1.54, 1.807) is 14.0 Å². The van der Waals surface area contributed by atoms with Crippen molar-refractivity contribution in [3.8, 4) is 0 Å². The molecule has 1 saturated heterocycles. The van der Waals surface area contributed by atoms with Gasteiger partial charge in [-0.15, -0.1) is 0 Å². The Morgan fingerprint density at radius 2 is 2.35 bits per heavy atom. The monoisotopic (exact) mass is 342 g/mol. The zero-order valence-corrected chi connectivity index (χ0v) is 13.2. The number of morpholine rings is 1. The SMILES string of the molecule is CNC(=O)C1COCCN1c1ccc(Br)cc1C(C)O. The number of amides is 1. The van der Waals surface area contributed by atoms with E-state index >= 15 is 0 Å². The van der Waals surface area contributed by atoms with Crippen molar-refractivity contribution in [3.63, 3.8) is 0 Å². The van der Waals surface area contributed by atoms with Crippen LogP contribution in [0.5, 0.6) is 0 Å². The number of halogens is 1. The molecule has 0 aromatic heterocycles. The number of hydrogen-bond acceptors (Lipinski definition) is 4. The van der Waals surface area contributed by atoms with Gasteiger partial charge in [0.05, 0.1) is 19.3 Å². The molecule has 2 unspecified atom stereocenters. The number of nitrogens with zero attached hydrogens (tertiary/aromatic N) is 1. The van der Waals surface area contributed by atoms with Crippen LogP contribution in [0, 0.1) is 0 Å². The molecule has 0 saturated carbocycles. The lowest BCUT2D eigenvalue weighted by atomic mass is 10.0. The quantitative estimate of drug-likeness (QED) is 0.872. The molecule has 0 spiro atoms. The summed E-state index contributed by atoms with van der Waals surface area (Å²) in [7, 11) is 1.62. The van der Waals surface area contributed by atoms with Gasteiger partial charge in [0.15, 0.2) is 0 Å². The van der Waals surface area contributed by atoms with Crippen LogP contribution in [0.4, 0.5) is 5.69 Å². The van der Waals surface area contributed by atoms with E-state index in [-0.39, 0.29) is 11.9 Å². The van der Waals surface area contributed by atoms with Crippen molar-refractivity contribution in [3.05, 3.63) is 28.2 Å². The molecule has 0 radical (unpaired) electrons. The van der Waals surface area contributed by atoms with Crippen LogP contribution in [0.3, 0.4) is 0 Å². The van der Waals surface area contributed by atoms with Gasteiger partial charge in [0.2, 0.25) is 5.91 Å². The summed E-state index contributed by atoms with van der Waals surface area (Å²) in [5.41, 5.74) is 1.68. The number of aliphatic hydroxyl groups excluding tert-OH is 1. The Bertz CT molecular complexity index is 493. The molecule has 1 aromatic rings. The second-order valence-corrected chi connectivity index (χ2v) is 5.69. The molecule has 110 valence electrons. The molecule has 0 bridgehead atoms. The first kappa shape index (κ1) is 15.3. The Labute approximate surface area is 127 Å².